The molecule has 0 unspecified atom stereocenters. The van der Waals surface area contributed by atoms with Crippen LogP contribution in [0.3, 0.4) is 0 Å². The largest absolute Gasteiger partial charge is 0.508 e. The fraction of sp³-hybridized carbons (Fsp3) is 0.167. The Balaban J connectivity index is 1.75. The summed E-state index contributed by atoms with van der Waals surface area (Å²) in [5.74, 6) is 0.0495. The Labute approximate surface area is 145 Å². The fourth-order valence-corrected chi connectivity index (χ4v) is 1.98. The van der Waals surface area contributed by atoms with Crippen LogP contribution in [0.1, 0.15) is 18.4 Å². The number of phenols is 1. The van der Waals surface area contributed by atoms with Gasteiger partial charge in [-0.3, -0.25) is 9.59 Å². The van der Waals surface area contributed by atoms with Crippen LogP contribution < -0.4 is 15.5 Å². The van der Waals surface area contributed by atoms with Gasteiger partial charge in [0, 0.05) is 12.8 Å². The van der Waals surface area contributed by atoms with E-state index in [0.29, 0.717) is 11.4 Å². The molecule has 7 nitrogen and oxygen atoms in total. The predicted octanol–water partition coefficient (Wildman–Crippen LogP) is 2.27. The van der Waals surface area contributed by atoms with Crippen molar-refractivity contribution in [3.8, 4) is 11.5 Å². The van der Waals surface area contributed by atoms with Gasteiger partial charge in [-0.15, -0.1) is 0 Å². The van der Waals surface area contributed by atoms with E-state index in [9.17, 15) is 14.7 Å². The molecule has 0 bridgehead atoms. The molecule has 2 amide bonds. The lowest BCUT2D eigenvalue weighted by atomic mass is 10.2. The Morgan fingerprint density at radius 2 is 1.76 bits per heavy atom. The van der Waals surface area contributed by atoms with Crippen molar-refractivity contribution in [2.45, 2.75) is 12.8 Å². The minimum atomic E-state index is -0.370. The zero-order chi connectivity index (χ0) is 18.1. The molecule has 0 saturated carbocycles. The lowest BCUT2D eigenvalue weighted by Gasteiger charge is -2.09. The zero-order valence-corrected chi connectivity index (χ0v) is 13.7. The summed E-state index contributed by atoms with van der Waals surface area (Å²) in [6.45, 7) is 0. The van der Waals surface area contributed by atoms with Crippen molar-refractivity contribution in [1.82, 2.24) is 5.43 Å². The zero-order valence-electron chi connectivity index (χ0n) is 13.7. The van der Waals surface area contributed by atoms with Gasteiger partial charge in [0.05, 0.1) is 19.0 Å². The SMILES string of the molecule is COc1ccccc1NC(=O)CCC(=O)NN=Cc1ccc(O)cc1. The number of para-hydroxylation sites is 2. The number of nitrogens with one attached hydrogen (secondary N) is 2. The Morgan fingerprint density at radius 1 is 1.08 bits per heavy atom. The maximum atomic E-state index is 11.9. The molecule has 0 aliphatic rings. The molecule has 0 aliphatic carbocycles. The van der Waals surface area contributed by atoms with Crippen molar-refractivity contribution in [3.05, 3.63) is 54.1 Å². The third-order valence-corrected chi connectivity index (χ3v) is 3.26. The molecule has 0 atom stereocenters. The lowest BCUT2D eigenvalue weighted by Crippen LogP contribution is -2.20. The summed E-state index contributed by atoms with van der Waals surface area (Å²) in [7, 11) is 1.52. The molecule has 0 heterocycles. The Hall–Kier alpha value is -3.35. The van der Waals surface area contributed by atoms with Gasteiger partial charge in [0.25, 0.3) is 0 Å². The number of carbonyl (C=O) groups is 2. The van der Waals surface area contributed by atoms with E-state index in [-0.39, 0.29) is 30.4 Å². The normalized spacial score (nSPS) is 10.4. The third kappa shape index (κ3) is 5.98. The number of rotatable bonds is 7. The van der Waals surface area contributed by atoms with Crippen LogP contribution in [0.4, 0.5) is 5.69 Å². The monoisotopic (exact) mass is 341 g/mol. The van der Waals surface area contributed by atoms with Gasteiger partial charge in [0.2, 0.25) is 11.8 Å². The van der Waals surface area contributed by atoms with E-state index in [1.807, 2.05) is 0 Å². The van der Waals surface area contributed by atoms with Crippen LogP contribution in [0.15, 0.2) is 53.6 Å². The highest BCUT2D eigenvalue weighted by Crippen LogP contribution is 2.23. The molecule has 2 aromatic rings. The molecule has 2 rings (SSSR count). The van der Waals surface area contributed by atoms with Gasteiger partial charge >= 0.3 is 0 Å². The average molecular weight is 341 g/mol. The summed E-state index contributed by atoms with van der Waals surface area (Å²) in [6, 6.07) is 13.4. The van der Waals surface area contributed by atoms with Gasteiger partial charge in [0.1, 0.15) is 11.5 Å². The number of aromatic hydroxyl groups is 1. The molecule has 0 radical (unpaired) electrons. The summed E-state index contributed by atoms with van der Waals surface area (Å²) in [5.41, 5.74) is 3.64. The fourth-order valence-electron chi connectivity index (χ4n) is 1.98. The summed E-state index contributed by atoms with van der Waals surface area (Å²) < 4.78 is 5.15. The molecule has 7 heteroatoms. The average Bonchev–Trinajstić information content (AvgIpc) is 2.62. The van der Waals surface area contributed by atoms with Crippen molar-refractivity contribution < 1.29 is 19.4 Å². The number of nitrogens with zero attached hydrogens (tertiary/aromatic N) is 1. The second-order valence-electron chi connectivity index (χ2n) is 5.13. The summed E-state index contributed by atoms with van der Waals surface area (Å²) in [4.78, 5) is 23.6. The van der Waals surface area contributed by atoms with E-state index >= 15 is 0 Å². The molecule has 0 spiro atoms. The molecule has 25 heavy (non-hydrogen) atoms. The first-order chi connectivity index (χ1) is 12.1. The number of amides is 2. The summed E-state index contributed by atoms with van der Waals surface area (Å²) >= 11 is 0. The second-order valence-corrected chi connectivity index (χ2v) is 5.13. The molecule has 3 N–H and O–H groups in total. The minimum absolute atomic E-state index is 0.00784. The van der Waals surface area contributed by atoms with E-state index in [0.717, 1.165) is 5.56 Å². The highest BCUT2D eigenvalue weighted by atomic mass is 16.5. The van der Waals surface area contributed by atoms with E-state index in [4.69, 9.17) is 4.74 Å². The first kappa shape index (κ1) is 18.0. The van der Waals surface area contributed by atoms with Gasteiger partial charge in [-0.1, -0.05) is 12.1 Å². The van der Waals surface area contributed by atoms with Gasteiger partial charge in [-0.2, -0.15) is 5.10 Å². The van der Waals surface area contributed by atoms with Gasteiger partial charge in [-0.05, 0) is 42.0 Å². The summed E-state index contributed by atoms with van der Waals surface area (Å²) in [6.07, 6.45) is 1.48. The van der Waals surface area contributed by atoms with Crippen molar-refractivity contribution >= 4 is 23.7 Å². The van der Waals surface area contributed by atoms with Crippen molar-refractivity contribution in [1.29, 1.82) is 0 Å². The smallest absolute Gasteiger partial charge is 0.240 e. The van der Waals surface area contributed by atoms with Crippen LogP contribution in [0, 0.1) is 0 Å². The quantitative estimate of drug-likeness (QED) is 0.531. The van der Waals surface area contributed by atoms with E-state index < -0.39 is 0 Å². The number of hydrogen-bond donors (Lipinski definition) is 3. The molecule has 0 aliphatic heterocycles. The van der Waals surface area contributed by atoms with E-state index in [2.05, 4.69) is 15.8 Å². The van der Waals surface area contributed by atoms with Gasteiger partial charge in [-0.25, -0.2) is 5.43 Å². The van der Waals surface area contributed by atoms with E-state index in [1.165, 1.54) is 25.5 Å². The highest BCUT2D eigenvalue weighted by molar-refractivity contribution is 5.94. The standard InChI is InChI=1S/C18H19N3O4/c1-25-16-5-3-2-4-15(16)20-17(23)10-11-18(24)21-19-12-13-6-8-14(22)9-7-13/h2-9,12,22H,10-11H2,1H3,(H,20,23)(H,21,24). The van der Waals surface area contributed by atoms with E-state index in [1.54, 1.807) is 36.4 Å². The minimum Gasteiger partial charge on any atom is -0.508 e. The maximum Gasteiger partial charge on any atom is 0.240 e. The first-order valence-corrected chi connectivity index (χ1v) is 7.62. The summed E-state index contributed by atoms with van der Waals surface area (Å²) in [5, 5.41) is 15.7. The van der Waals surface area contributed by atoms with Crippen molar-refractivity contribution in [2.75, 3.05) is 12.4 Å². The number of carbonyl (C=O) groups excluding carboxylic acids is 2. The van der Waals surface area contributed by atoms with Crippen LogP contribution in [0.5, 0.6) is 11.5 Å². The predicted molar refractivity (Wildman–Crippen MR) is 94.7 cm³/mol. The highest BCUT2D eigenvalue weighted by Gasteiger charge is 2.09. The number of hydrazone groups is 1. The van der Waals surface area contributed by atoms with Crippen LogP contribution in [0.25, 0.3) is 0 Å². The van der Waals surface area contributed by atoms with Crippen LogP contribution in [-0.2, 0) is 9.59 Å². The van der Waals surface area contributed by atoms with Crippen molar-refractivity contribution in [3.63, 3.8) is 0 Å². The van der Waals surface area contributed by atoms with Gasteiger partial charge in [0.15, 0.2) is 0 Å². The number of anilines is 1. The Morgan fingerprint density at radius 3 is 2.48 bits per heavy atom. The van der Waals surface area contributed by atoms with Crippen LogP contribution in [-0.4, -0.2) is 30.2 Å². The van der Waals surface area contributed by atoms with Crippen molar-refractivity contribution in [2.24, 2.45) is 5.10 Å². The number of phenolic OH excluding ortho intramolecular Hbond substituents is 1. The lowest BCUT2D eigenvalue weighted by molar-refractivity contribution is -0.124. The Bertz CT molecular complexity index is 757. The number of benzene rings is 2. The number of hydrogen-bond acceptors (Lipinski definition) is 5. The molecule has 0 aromatic heterocycles. The first-order valence-electron chi connectivity index (χ1n) is 7.62. The van der Waals surface area contributed by atoms with Crippen LogP contribution >= 0.6 is 0 Å². The molecule has 0 saturated heterocycles. The molecular weight excluding hydrogens is 322 g/mol. The maximum absolute atomic E-state index is 11.9. The Kier molecular flexibility index (Phi) is 6.53. The molecular formula is C18H19N3O4. The number of ether oxygens (including phenoxy) is 1. The molecule has 2 aromatic carbocycles. The third-order valence-electron chi connectivity index (χ3n) is 3.26. The molecule has 0 fully saturated rings. The molecule has 130 valence electrons. The van der Waals surface area contributed by atoms with Gasteiger partial charge < -0.3 is 15.2 Å². The topological polar surface area (TPSA) is 100 Å². The number of methoxy groups -OCH3 is 1. The second kappa shape index (κ2) is 9.07. The van der Waals surface area contributed by atoms with Crippen LogP contribution in [0.2, 0.25) is 0 Å².